The van der Waals surface area contributed by atoms with Crippen molar-refractivity contribution in [2.75, 3.05) is 26.2 Å². The Bertz CT molecular complexity index is 372. The summed E-state index contributed by atoms with van der Waals surface area (Å²) in [4.78, 5) is 2.41. The van der Waals surface area contributed by atoms with Crippen molar-refractivity contribution in [2.24, 2.45) is 5.73 Å². The number of nitrogens with zero attached hydrogens (tertiary/aromatic N) is 1. The molecule has 0 spiro atoms. The fourth-order valence-corrected chi connectivity index (χ4v) is 2.76. The fraction of sp³-hybridized carbons (Fsp3) is 0.625. The first kappa shape index (κ1) is 14.5. The molecule has 2 N–H and O–H groups in total. The van der Waals surface area contributed by atoms with Gasteiger partial charge in [0.2, 0.25) is 0 Å². The Labute approximate surface area is 116 Å². The van der Waals surface area contributed by atoms with E-state index in [-0.39, 0.29) is 5.54 Å². The quantitative estimate of drug-likeness (QED) is 0.855. The summed E-state index contributed by atoms with van der Waals surface area (Å²) in [5.41, 5.74) is 7.39. The van der Waals surface area contributed by atoms with E-state index in [2.05, 4.69) is 43.0 Å². The number of ether oxygens (including phenoxy) is 1. The highest BCUT2D eigenvalue weighted by atomic mass is 16.5. The van der Waals surface area contributed by atoms with Gasteiger partial charge in [0, 0.05) is 19.7 Å². The average molecular weight is 262 g/mol. The largest absolute Gasteiger partial charge is 0.377 e. The van der Waals surface area contributed by atoms with Crippen LogP contribution in [0, 0.1) is 0 Å². The molecule has 106 valence electrons. The molecule has 1 fully saturated rings. The maximum atomic E-state index is 6.51. The van der Waals surface area contributed by atoms with Crippen molar-refractivity contribution in [3.05, 3.63) is 35.9 Å². The lowest BCUT2D eigenvalue weighted by atomic mass is 9.92. The highest BCUT2D eigenvalue weighted by Crippen LogP contribution is 2.20. The van der Waals surface area contributed by atoms with E-state index < -0.39 is 0 Å². The van der Waals surface area contributed by atoms with E-state index >= 15 is 0 Å². The normalized spacial score (nSPS) is 22.6. The molecule has 0 amide bonds. The van der Waals surface area contributed by atoms with Crippen LogP contribution in [0.2, 0.25) is 0 Å². The van der Waals surface area contributed by atoms with E-state index in [0.717, 1.165) is 26.2 Å². The van der Waals surface area contributed by atoms with Crippen molar-refractivity contribution < 1.29 is 4.74 Å². The van der Waals surface area contributed by atoms with Gasteiger partial charge in [0.05, 0.1) is 11.6 Å². The fourth-order valence-electron chi connectivity index (χ4n) is 2.76. The van der Waals surface area contributed by atoms with E-state index in [0.29, 0.717) is 6.10 Å². The van der Waals surface area contributed by atoms with Crippen LogP contribution in [-0.2, 0) is 10.3 Å². The lowest BCUT2D eigenvalue weighted by Crippen LogP contribution is -2.47. The maximum Gasteiger partial charge on any atom is 0.0702 e. The number of benzene rings is 1. The van der Waals surface area contributed by atoms with Crippen molar-refractivity contribution in [1.29, 1.82) is 0 Å². The summed E-state index contributed by atoms with van der Waals surface area (Å²) < 4.78 is 5.72. The van der Waals surface area contributed by atoms with Crippen LogP contribution in [0.25, 0.3) is 0 Å². The third kappa shape index (κ3) is 4.03. The van der Waals surface area contributed by atoms with Crippen molar-refractivity contribution in [2.45, 2.75) is 38.3 Å². The van der Waals surface area contributed by atoms with Gasteiger partial charge in [-0.25, -0.2) is 0 Å². The molecule has 0 bridgehead atoms. The molecule has 0 saturated carbocycles. The zero-order valence-corrected chi connectivity index (χ0v) is 12.1. The van der Waals surface area contributed by atoms with Crippen LogP contribution in [0.3, 0.4) is 0 Å². The Kier molecular flexibility index (Phi) is 4.97. The van der Waals surface area contributed by atoms with Gasteiger partial charge in [0.1, 0.15) is 0 Å². The first-order valence-corrected chi connectivity index (χ1v) is 7.30. The highest BCUT2D eigenvalue weighted by molar-refractivity contribution is 5.23. The molecule has 1 aromatic rings. The monoisotopic (exact) mass is 262 g/mol. The summed E-state index contributed by atoms with van der Waals surface area (Å²) in [6.07, 6.45) is 2.77. The van der Waals surface area contributed by atoms with Gasteiger partial charge in [-0.2, -0.15) is 0 Å². The second-order valence-electron chi connectivity index (χ2n) is 5.75. The zero-order chi connectivity index (χ0) is 13.7. The van der Waals surface area contributed by atoms with Crippen LogP contribution >= 0.6 is 0 Å². The smallest absolute Gasteiger partial charge is 0.0702 e. The third-order valence-electron chi connectivity index (χ3n) is 3.92. The molecule has 2 rings (SSSR count). The number of hydrogen-bond donors (Lipinski definition) is 1. The molecule has 2 unspecified atom stereocenters. The number of likely N-dealkylation sites (N-methyl/N-ethyl adjacent to an activating group) is 1. The summed E-state index contributed by atoms with van der Waals surface area (Å²) in [7, 11) is 0. The van der Waals surface area contributed by atoms with Gasteiger partial charge >= 0.3 is 0 Å². The first-order valence-electron chi connectivity index (χ1n) is 7.30. The first-order chi connectivity index (χ1) is 9.12. The van der Waals surface area contributed by atoms with Crippen LogP contribution in [0.15, 0.2) is 30.3 Å². The second-order valence-corrected chi connectivity index (χ2v) is 5.75. The lowest BCUT2D eigenvalue weighted by Gasteiger charge is -2.33. The molecule has 0 aliphatic carbocycles. The molecule has 2 atom stereocenters. The molecule has 0 aromatic heterocycles. The minimum absolute atomic E-state index is 0.310. The molecule has 3 heteroatoms. The molecule has 1 saturated heterocycles. The Morgan fingerprint density at radius 3 is 2.68 bits per heavy atom. The summed E-state index contributed by atoms with van der Waals surface area (Å²) in [5, 5.41) is 0. The predicted octanol–water partition coefficient (Wildman–Crippen LogP) is 2.36. The molecule has 19 heavy (non-hydrogen) atoms. The number of nitrogens with two attached hydrogens (primary N) is 1. The van der Waals surface area contributed by atoms with Crippen LogP contribution in [-0.4, -0.2) is 37.2 Å². The second kappa shape index (κ2) is 6.51. The van der Waals surface area contributed by atoms with Gasteiger partial charge < -0.3 is 10.5 Å². The van der Waals surface area contributed by atoms with Crippen LogP contribution < -0.4 is 5.73 Å². The molecule has 1 aliphatic rings. The Morgan fingerprint density at radius 1 is 1.37 bits per heavy atom. The molecule has 1 aromatic carbocycles. The van der Waals surface area contributed by atoms with E-state index in [4.69, 9.17) is 10.5 Å². The minimum atomic E-state index is -0.310. The van der Waals surface area contributed by atoms with Gasteiger partial charge in [0.15, 0.2) is 0 Å². The van der Waals surface area contributed by atoms with Gasteiger partial charge in [-0.3, -0.25) is 4.90 Å². The number of hydrogen-bond acceptors (Lipinski definition) is 3. The topological polar surface area (TPSA) is 38.5 Å². The van der Waals surface area contributed by atoms with E-state index in [1.807, 2.05) is 6.07 Å². The van der Waals surface area contributed by atoms with Gasteiger partial charge in [0.25, 0.3) is 0 Å². The molecule has 1 aliphatic heterocycles. The van der Waals surface area contributed by atoms with Crippen molar-refractivity contribution >= 4 is 0 Å². The minimum Gasteiger partial charge on any atom is -0.377 e. The summed E-state index contributed by atoms with van der Waals surface area (Å²) in [6, 6.07) is 10.4. The lowest BCUT2D eigenvalue weighted by molar-refractivity contribution is 0.0677. The summed E-state index contributed by atoms with van der Waals surface area (Å²) in [5.74, 6) is 0. The van der Waals surface area contributed by atoms with Crippen LogP contribution in [0.1, 0.15) is 32.3 Å². The molecular formula is C16H26N2O. The average Bonchev–Trinajstić information content (AvgIpc) is 2.91. The molecule has 1 heterocycles. The van der Waals surface area contributed by atoms with Gasteiger partial charge in [-0.05, 0) is 31.9 Å². The number of rotatable bonds is 6. The molecule has 3 nitrogen and oxygen atoms in total. The Hall–Kier alpha value is -0.900. The standard InChI is InChI=1S/C16H26N2O/c1-3-18(12-15-10-7-11-19-15)13-16(2,17)14-8-5-4-6-9-14/h4-6,8-9,15H,3,7,10-13,17H2,1-2H3. The van der Waals surface area contributed by atoms with Crippen molar-refractivity contribution in [1.82, 2.24) is 4.90 Å². The predicted molar refractivity (Wildman–Crippen MR) is 79.1 cm³/mol. The van der Waals surface area contributed by atoms with Crippen LogP contribution in [0.5, 0.6) is 0 Å². The van der Waals surface area contributed by atoms with E-state index in [1.165, 1.54) is 18.4 Å². The Morgan fingerprint density at radius 2 is 2.11 bits per heavy atom. The van der Waals surface area contributed by atoms with Crippen molar-refractivity contribution in [3.8, 4) is 0 Å². The van der Waals surface area contributed by atoms with E-state index in [9.17, 15) is 0 Å². The van der Waals surface area contributed by atoms with Crippen molar-refractivity contribution in [3.63, 3.8) is 0 Å². The van der Waals surface area contributed by atoms with Gasteiger partial charge in [-0.15, -0.1) is 0 Å². The zero-order valence-electron chi connectivity index (χ0n) is 12.1. The maximum absolute atomic E-state index is 6.51. The molecule has 0 radical (unpaired) electrons. The van der Waals surface area contributed by atoms with Crippen LogP contribution in [0.4, 0.5) is 0 Å². The van der Waals surface area contributed by atoms with E-state index in [1.54, 1.807) is 0 Å². The van der Waals surface area contributed by atoms with Gasteiger partial charge in [-0.1, -0.05) is 37.3 Å². The highest BCUT2D eigenvalue weighted by Gasteiger charge is 2.26. The molecular weight excluding hydrogens is 236 g/mol. The summed E-state index contributed by atoms with van der Waals surface area (Å²) >= 11 is 0. The Balaban J connectivity index is 1.96. The summed E-state index contributed by atoms with van der Waals surface area (Å²) in [6.45, 7) is 8.10. The SMILES string of the molecule is CCN(CC1CCCO1)CC(C)(N)c1ccccc1. The third-order valence-corrected chi connectivity index (χ3v) is 3.92.